The van der Waals surface area contributed by atoms with Gasteiger partial charge < -0.3 is 11.1 Å². The second-order valence-corrected chi connectivity index (χ2v) is 3.19. The van der Waals surface area contributed by atoms with Crippen LogP contribution in [0.4, 0.5) is 0 Å². The van der Waals surface area contributed by atoms with Crippen molar-refractivity contribution in [3.8, 4) is 0 Å². The topological polar surface area (TPSA) is 38.0 Å². The monoisotopic (exact) mass is 226 g/mol. The summed E-state index contributed by atoms with van der Waals surface area (Å²) in [7, 11) is 0. The number of alkyl halides is 1. The fourth-order valence-electron chi connectivity index (χ4n) is 0.877. The number of hydrogen-bond acceptors (Lipinski definition) is 2. The molecule has 8 heavy (non-hydrogen) atoms. The third kappa shape index (κ3) is 1.33. The zero-order valence-corrected chi connectivity index (χ0v) is 6.94. The predicted molar refractivity (Wildman–Crippen MR) is 43.3 cm³/mol. The number of nitrogens with two attached hydrogens (primary N) is 1. The summed E-state index contributed by atoms with van der Waals surface area (Å²) in [5.41, 5.74) is 6.00. The third-order valence-corrected chi connectivity index (χ3v) is 3.06. The molecule has 1 aliphatic heterocycles. The molecule has 0 aliphatic carbocycles. The van der Waals surface area contributed by atoms with Crippen molar-refractivity contribution in [1.82, 2.24) is 5.32 Å². The Morgan fingerprint density at radius 2 is 2.50 bits per heavy atom. The van der Waals surface area contributed by atoms with Gasteiger partial charge in [0.1, 0.15) is 0 Å². The van der Waals surface area contributed by atoms with Gasteiger partial charge in [0.05, 0.1) is 0 Å². The van der Waals surface area contributed by atoms with E-state index in [4.69, 9.17) is 5.73 Å². The lowest BCUT2D eigenvalue weighted by atomic mass is 10.0. The molecule has 3 N–H and O–H groups in total. The summed E-state index contributed by atoms with van der Waals surface area (Å²) >= 11 is 2.34. The smallest absolute Gasteiger partial charge is 0.0383 e. The zero-order chi connectivity index (χ0) is 6.04. The molecule has 48 valence electrons. The number of hydrogen-bond donors (Lipinski definition) is 2. The maximum Gasteiger partial charge on any atom is 0.0383 e. The van der Waals surface area contributed by atoms with E-state index in [0.717, 1.165) is 23.9 Å². The number of halogens is 1. The van der Waals surface area contributed by atoms with Crippen LogP contribution in [-0.2, 0) is 0 Å². The molecule has 0 aromatic carbocycles. The number of nitrogens with one attached hydrogen (secondary N) is 1. The van der Waals surface area contributed by atoms with Crippen molar-refractivity contribution in [3.05, 3.63) is 0 Å². The van der Waals surface area contributed by atoms with E-state index >= 15 is 0 Å². The van der Waals surface area contributed by atoms with Gasteiger partial charge in [-0.1, -0.05) is 22.6 Å². The predicted octanol–water partition coefficient (Wildman–Crippen LogP) is 0.112. The highest BCUT2D eigenvalue weighted by molar-refractivity contribution is 14.1. The van der Waals surface area contributed by atoms with Gasteiger partial charge in [-0.3, -0.25) is 0 Å². The molecular formula is C5H11IN2. The summed E-state index contributed by atoms with van der Waals surface area (Å²) in [5.74, 6) is 0. The highest BCUT2D eigenvalue weighted by Gasteiger charge is 2.26. The summed E-state index contributed by atoms with van der Waals surface area (Å²) in [5, 5.41) is 3.23. The molecule has 1 unspecified atom stereocenters. The average molecular weight is 226 g/mol. The Labute approximate surface area is 63.3 Å². The molecule has 1 atom stereocenters. The Hall–Kier alpha value is 0.650. The van der Waals surface area contributed by atoms with Crippen molar-refractivity contribution in [3.63, 3.8) is 0 Å². The van der Waals surface area contributed by atoms with E-state index in [1.54, 1.807) is 0 Å². The Balaban J connectivity index is 2.40. The van der Waals surface area contributed by atoms with Crippen molar-refractivity contribution < 1.29 is 0 Å². The first-order valence-corrected chi connectivity index (χ1v) is 4.35. The molecule has 0 aromatic rings. The summed E-state index contributed by atoms with van der Waals surface area (Å²) < 4.78 is 1.07. The van der Waals surface area contributed by atoms with Crippen LogP contribution in [0.15, 0.2) is 0 Å². The minimum atomic E-state index is 0.112. The van der Waals surface area contributed by atoms with Crippen molar-refractivity contribution in [1.29, 1.82) is 0 Å². The lowest BCUT2D eigenvalue weighted by Crippen LogP contribution is -2.43. The normalized spacial score (nSPS) is 38.2. The van der Waals surface area contributed by atoms with Crippen LogP contribution in [0.25, 0.3) is 0 Å². The van der Waals surface area contributed by atoms with Crippen LogP contribution in [0.3, 0.4) is 0 Å². The zero-order valence-electron chi connectivity index (χ0n) is 4.78. The fraction of sp³-hybridized carbons (Fsp3) is 1.00. The maximum absolute atomic E-state index is 5.89. The molecule has 3 heteroatoms. The van der Waals surface area contributed by atoms with Crippen molar-refractivity contribution >= 4 is 22.6 Å². The molecule has 1 rings (SSSR count). The second-order valence-electron chi connectivity index (χ2n) is 2.42. The van der Waals surface area contributed by atoms with Crippen LogP contribution >= 0.6 is 22.6 Å². The Morgan fingerprint density at radius 3 is 2.75 bits per heavy atom. The fourth-order valence-corrected chi connectivity index (χ4v) is 1.53. The number of rotatable bonds is 1. The summed E-state index contributed by atoms with van der Waals surface area (Å²) in [6.45, 7) is 2.09. The van der Waals surface area contributed by atoms with Crippen LogP contribution in [0.2, 0.25) is 0 Å². The van der Waals surface area contributed by atoms with Crippen LogP contribution < -0.4 is 11.1 Å². The molecule has 0 bridgehead atoms. The maximum atomic E-state index is 5.89. The molecule has 0 saturated carbocycles. The van der Waals surface area contributed by atoms with E-state index in [2.05, 4.69) is 27.9 Å². The molecule has 0 spiro atoms. The molecule has 0 amide bonds. The van der Waals surface area contributed by atoms with Crippen molar-refractivity contribution in [2.24, 2.45) is 5.73 Å². The van der Waals surface area contributed by atoms with Crippen LogP contribution in [0.1, 0.15) is 6.42 Å². The Kier molecular flexibility index (Phi) is 2.11. The van der Waals surface area contributed by atoms with Gasteiger partial charge in [-0.05, 0) is 13.0 Å². The van der Waals surface area contributed by atoms with Gasteiger partial charge in [-0.25, -0.2) is 0 Å². The van der Waals surface area contributed by atoms with Gasteiger partial charge in [0.15, 0.2) is 0 Å². The Bertz CT molecular complexity index is 78.5. The SMILES string of the molecule is NC1(CI)CCNC1. The lowest BCUT2D eigenvalue weighted by Gasteiger charge is -2.17. The van der Waals surface area contributed by atoms with E-state index < -0.39 is 0 Å². The summed E-state index contributed by atoms with van der Waals surface area (Å²) in [6, 6.07) is 0. The van der Waals surface area contributed by atoms with Gasteiger partial charge in [0.2, 0.25) is 0 Å². The molecule has 1 fully saturated rings. The third-order valence-electron chi connectivity index (χ3n) is 1.54. The average Bonchev–Trinajstić information content (AvgIpc) is 2.17. The van der Waals surface area contributed by atoms with Crippen LogP contribution in [-0.4, -0.2) is 23.1 Å². The molecule has 0 aromatic heterocycles. The first kappa shape index (κ1) is 6.77. The van der Waals surface area contributed by atoms with Gasteiger partial charge in [-0.15, -0.1) is 0 Å². The largest absolute Gasteiger partial charge is 0.323 e. The lowest BCUT2D eigenvalue weighted by molar-refractivity contribution is 0.537. The van der Waals surface area contributed by atoms with Crippen LogP contribution in [0.5, 0.6) is 0 Å². The minimum absolute atomic E-state index is 0.112. The first-order chi connectivity index (χ1) is 3.77. The second kappa shape index (κ2) is 2.49. The summed E-state index contributed by atoms with van der Waals surface area (Å²) in [6.07, 6.45) is 1.13. The van der Waals surface area contributed by atoms with Gasteiger partial charge in [0, 0.05) is 16.5 Å². The molecule has 0 radical (unpaired) electrons. The van der Waals surface area contributed by atoms with E-state index in [1.165, 1.54) is 0 Å². The van der Waals surface area contributed by atoms with E-state index in [1.807, 2.05) is 0 Å². The van der Waals surface area contributed by atoms with Crippen molar-refractivity contribution in [2.45, 2.75) is 12.0 Å². The van der Waals surface area contributed by atoms with E-state index in [9.17, 15) is 0 Å². The quantitative estimate of drug-likeness (QED) is 0.492. The Morgan fingerprint density at radius 1 is 1.75 bits per heavy atom. The summed E-state index contributed by atoms with van der Waals surface area (Å²) in [4.78, 5) is 0. The first-order valence-electron chi connectivity index (χ1n) is 2.82. The van der Waals surface area contributed by atoms with Gasteiger partial charge >= 0.3 is 0 Å². The highest BCUT2D eigenvalue weighted by atomic mass is 127. The molecule has 2 nitrogen and oxygen atoms in total. The molecule has 1 saturated heterocycles. The van der Waals surface area contributed by atoms with Gasteiger partial charge in [0.25, 0.3) is 0 Å². The highest BCUT2D eigenvalue weighted by Crippen LogP contribution is 2.13. The molecule has 1 aliphatic rings. The van der Waals surface area contributed by atoms with E-state index in [0.29, 0.717) is 0 Å². The minimum Gasteiger partial charge on any atom is -0.323 e. The van der Waals surface area contributed by atoms with Crippen molar-refractivity contribution in [2.75, 3.05) is 17.5 Å². The van der Waals surface area contributed by atoms with E-state index in [-0.39, 0.29) is 5.54 Å². The van der Waals surface area contributed by atoms with Crippen LogP contribution in [0, 0.1) is 0 Å². The van der Waals surface area contributed by atoms with Gasteiger partial charge in [-0.2, -0.15) is 0 Å². The molecule has 1 heterocycles. The molecular weight excluding hydrogens is 215 g/mol. The standard InChI is InChI=1S/C5H11IN2/c6-3-5(7)1-2-8-4-5/h8H,1-4,7H2.